The number of rotatable bonds is 3. The van der Waals surface area contributed by atoms with Crippen LogP contribution in [0, 0.1) is 0 Å². The molecule has 0 spiro atoms. The summed E-state index contributed by atoms with van der Waals surface area (Å²) in [4.78, 5) is 19.4. The lowest BCUT2D eigenvalue weighted by Crippen LogP contribution is -2.50. The fraction of sp³-hybridized carbons (Fsp3) is 0.739. The second kappa shape index (κ2) is 10.7. The van der Waals surface area contributed by atoms with E-state index in [1.807, 2.05) is 19.1 Å². The molecule has 0 radical (unpaired) electrons. The van der Waals surface area contributed by atoms with Crippen molar-refractivity contribution in [1.82, 2.24) is 14.6 Å². The number of methoxy groups -OCH3 is 1. The Morgan fingerprint density at radius 1 is 1.24 bits per heavy atom. The van der Waals surface area contributed by atoms with Gasteiger partial charge in [-0.15, -0.1) is 0 Å². The van der Waals surface area contributed by atoms with Gasteiger partial charge in [0.15, 0.2) is 0 Å². The Hall–Kier alpha value is -2.11. The van der Waals surface area contributed by atoms with Crippen molar-refractivity contribution in [2.24, 2.45) is 0 Å². The van der Waals surface area contributed by atoms with Gasteiger partial charge in [0.2, 0.25) is 10.0 Å². The van der Waals surface area contributed by atoms with Gasteiger partial charge < -0.3 is 19.5 Å². The minimum Gasteiger partial charge on any atom is -0.497 e. The van der Waals surface area contributed by atoms with Crippen LogP contribution in [0.1, 0.15) is 57.1 Å². The highest BCUT2D eigenvalue weighted by Gasteiger charge is 2.44. The molecule has 1 amide bonds. The van der Waals surface area contributed by atoms with Crippen molar-refractivity contribution >= 4 is 21.9 Å². The molecule has 0 unspecified atom stereocenters. The normalized spacial score (nSPS) is 30.7. The summed E-state index contributed by atoms with van der Waals surface area (Å²) in [6.07, 6.45) is 5.55. The van der Waals surface area contributed by atoms with Gasteiger partial charge in [-0.05, 0) is 45.4 Å². The number of fused-ring (bicyclic) bond motifs is 8. The number of nitrogens with one attached hydrogen (secondary N) is 2. The van der Waals surface area contributed by atoms with E-state index in [0.717, 1.165) is 49.2 Å². The number of carbonyl (C=O) groups excluding carboxylic acids is 1. The number of sulfonamides is 1. The average molecular weight is 497 g/mol. The van der Waals surface area contributed by atoms with Gasteiger partial charge in [-0.3, -0.25) is 4.90 Å². The molecule has 10 nitrogen and oxygen atoms in total. The van der Waals surface area contributed by atoms with Crippen LogP contribution in [0.2, 0.25) is 0 Å². The largest absolute Gasteiger partial charge is 0.497 e. The third-order valence-electron chi connectivity index (χ3n) is 6.97. The first-order chi connectivity index (χ1) is 16.2. The number of nitrogens with zero attached hydrogens (tertiary/aromatic N) is 2. The summed E-state index contributed by atoms with van der Waals surface area (Å²) in [5, 5.41) is 3.32. The first-order valence-corrected chi connectivity index (χ1v) is 14.0. The molecular weight excluding hydrogens is 460 g/mol. The zero-order valence-electron chi connectivity index (χ0n) is 20.2. The standard InChI is InChI=1S/C23H36N4O6S/c1-15-11-20(26-34(3,29)30)21-14-33-17-7-5-16(6-8-17)19-12-18(31-2)13-22(25-19)24-9-4-10-32-23(28)27(15)21/h12-13,15-17,20-21,26H,4-11,14H2,1-3H3,(H,24,25)/t15-,16?,17?,20+,21+/m1/s1. The van der Waals surface area contributed by atoms with Gasteiger partial charge in [0.1, 0.15) is 11.6 Å². The minimum atomic E-state index is -3.43. The van der Waals surface area contributed by atoms with E-state index < -0.39 is 28.2 Å². The summed E-state index contributed by atoms with van der Waals surface area (Å²) in [5.74, 6) is 1.86. The van der Waals surface area contributed by atoms with Crippen LogP contribution in [0.5, 0.6) is 5.75 Å². The Balaban J connectivity index is 1.53. The Morgan fingerprint density at radius 2 is 2.00 bits per heavy atom. The number of pyridine rings is 1. The topological polar surface area (TPSA) is 119 Å². The Bertz CT molecular complexity index is 966. The van der Waals surface area contributed by atoms with Crippen LogP contribution < -0.4 is 14.8 Å². The first kappa shape index (κ1) is 25.0. The Labute approximate surface area is 201 Å². The van der Waals surface area contributed by atoms with Crippen LogP contribution in [-0.2, 0) is 19.5 Å². The lowest BCUT2D eigenvalue weighted by atomic mass is 9.85. The molecule has 4 aliphatic rings. The van der Waals surface area contributed by atoms with Crippen molar-refractivity contribution in [3.63, 3.8) is 0 Å². The molecule has 1 saturated carbocycles. The number of anilines is 1. The van der Waals surface area contributed by atoms with Gasteiger partial charge in [0.25, 0.3) is 0 Å². The SMILES string of the molecule is COc1cc2nc(c1)C1CCC(CC1)OC[C@H]1[C@@H](NS(C)(=O)=O)C[C@@H](C)N1C(=O)OCCCN2. The molecule has 3 aliphatic heterocycles. The molecule has 5 rings (SSSR count). The van der Waals surface area contributed by atoms with E-state index in [4.69, 9.17) is 19.2 Å². The molecule has 190 valence electrons. The minimum absolute atomic E-state index is 0.0581. The number of hydrogen-bond acceptors (Lipinski definition) is 8. The lowest BCUT2D eigenvalue weighted by Gasteiger charge is -2.33. The highest BCUT2D eigenvalue weighted by atomic mass is 32.2. The first-order valence-electron chi connectivity index (χ1n) is 12.1. The number of carbonyl (C=O) groups is 1. The number of amides is 1. The average Bonchev–Trinajstić information content (AvgIpc) is 3.09. The third-order valence-corrected chi connectivity index (χ3v) is 7.70. The van der Waals surface area contributed by atoms with Gasteiger partial charge in [0, 0.05) is 42.4 Å². The lowest BCUT2D eigenvalue weighted by molar-refractivity contribution is -0.0105. The van der Waals surface area contributed by atoms with Gasteiger partial charge >= 0.3 is 6.09 Å². The second-order valence-electron chi connectivity index (χ2n) is 9.57. The van der Waals surface area contributed by atoms with Crippen molar-refractivity contribution in [2.45, 2.75) is 75.6 Å². The molecule has 1 aromatic heterocycles. The van der Waals surface area contributed by atoms with Gasteiger partial charge in [-0.1, -0.05) is 0 Å². The fourth-order valence-electron chi connectivity index (χ4n) is 5.30. The van der Waals surface area contributed by atoms with Crippen LogP contribution in [0.4, 0.5) is 10.6 Å². The third kappa shape index (κ3) is 6.11. The Kier molecular flexibility index (Phi) is 7.83. The van der Waals surface area contributed by atoms with Crippen molar-refractivity contribution in [3.05, 3.63) is 17.8 Å². The number of ether oxygens (including phenoxy) is 3. The highest BCUT2D eigenvalue weighted by molar-refractivity contribution is 7.88. The van der Waals surface area contributed by atoms with Gasteiger partial charge in [0.05, 0.1) is 38.7 Å². The van der Waals surface area contributed by atoms with Crippen LogP contribution >= 0.6 is 0 Å². The van der Waals surface area contributed by atoms with Gasteiger partial charge in [-0.2, -0.15) is 0 Å². The fourth-order valence-corrected chi connectivity index (χ4v) is 6.10. The van der Waals surface area contributed by atoms with Crippen molar-refractivity contribution < 1.29 is 27.4 Å². The summed E-state index contributed by atoms with van der Waals surface area (Å²) in [5.41, 5.74) is 1.02. The summed E-state index contributed by atoms with van der Waals surface area (Å²) in [7, 11) is -1.77. The zero-order chi connectivity index (χ0) is 24.3. The van der Waals surface area contributed by atoms with Crippen LogP contribution in [0.15, 0.2) is 12.1 Å². The predicted molar refractivity (Wildman–Crippen MR) is 128 cm³/mol. The summed E-state index contributed by atoms with van der Waals surface area (Å²) >= 11 is 0. The van der Waals surface area contributed by atoms with E-state index in [0.29, 0.717) is 25.3 Å². The molecular formula is C23H36N4O6S. The van der Waals surface area contributed by atoms with Crippen molar-refractivity contribution in [3.8, 4) is 5.75 Å². The molecule has 2 fully saturated rings. The van der Waals surface area contributed by atoms with Crippen LogP contribution in [0.25, 0.3) is 0 Å². The molecule has 3 atom stereocenters. The van der Waals surface area contributed by atoms with E-state index in [2.05, 4.69) is 10.0 Å². The molecule has 34 heavy (non-hydrogen) atoms. The molecule has 1 aliphatic carbocycles. The molecule has 1 saturated heterocycles. The molecule has 0 aromatic carbocycles. The maximum atomic E-state index is 13.0. The van der Waals surface area contributed by atoms with Crippen molar-refractivity contribution in [1.29, 1.82) is 0 Å². The van der Waals surface area contributed by atoms with E-state index in [1.165, 1.54) is 0 Å². The van der Waals surface area contributed by atoms with Crippen molar-refractivity contribution in [2.75, 3.05) is 38.4 Å². The summed E-state index contributed by atoms with van der Waals surface area (Å²) in [6.45, 7) is 3.03. The molecule has 1 aromatic rings. The summed E-state index contributed by atoms with van der Waals surface area (Å²) < 4.78 is 43.9. The monoisotopic (exact) mass is 496 g/mol. The van der Waals surface area contributed by atoms with E-state index in [-0.39, 0.29) is 25.4 Å². The molecule has 11 heteroatoms. The smallest absolute Gasteiger partial charge is 0.410 e. The Morgan fingerprint density at radius 3 is 2.71 bits per heavy atom. The predicted octanol–water partition coefficient (Wildman–Crippen LogP) is 2.47. The highest BCUT2D eigenvalue weighted by Crippen LogP contribution is 2.36. The van der Waals surface area contributed by atoms with E-state index in [1.54, 1.807) is 12.0 Å². The number of aromatic nitrogens is 1. The maximum absolute atomic E-state index is 13.0. The quantitative estimate of drug-likeness (QED) is 0.655. The molecule has 4 heterocycles. The van der Waals surface area contributed by atoms with E-state index in [9.17, 15) is 13.2 Å². The zero-order valence-corrected chi connectivity index (χ0v) is 21.0. The second-order valence-corrected chi connectivity index (χ2v) is 11.4. The number of hydrogen-bond donors (Lipinski definition) is 2. The van der Waals surface area contributed by atoms with Crippen LogP contribution in [-0.4, -0.2) is 81.7 Å². The molecule has 2 N–H and O–H groups in total. The van der Waals surface area contributed by atoms with Crippen LogP contribution in [0.3, 0.4) is 0 Å². The summed E-state index contributed by atoms with van der Waals surface area (Å²) in [6, 6.07) is 2.91. The van der Waals surface area contributed by atoms with Gasteiger partial charge in [-0.25, -0.2) is 22.9 Å². The maximum Gasteiger partial charge on any atom is 0.410 e. The molecule has 4 bridgehead atoms. The van der Waals surface area contributed by atoms with E-state index >= 15 is 0 Å².